The summed E-state index contributed by atoms with van der Waals surface area (Å²) in [6.45, 7) is 3.66. The largest absolute Gasteiger partial charge is 0.325 e. The van der Waals surface area contributed by atoms with Gasteiger partial charge in [-0.25, -0.2) is 9.37 Å². The normalized spacial score (nSPS) is 11.0. The summed E-state index contributed by atoms with van der Waals surface area (Å²) < 4.78 is 14.8. The van der Waals surface area contributed by atoms with Crippen molar-refractivity contribution in [2.24, 2.45) is 0 Å². The Morgan fingerprint density at radius 1 is 1.36 bits per heavy atom. The zero-order valence-electron chi connectivity index (χ0n) is 13.7. The van der Waals surface area contributed by atoms with Crippen LogP contribution in [-0.2, 0) is 10.5 Å². The average molecular weight is 377 g/mol. The average Bonchev–Trinajstić information content (AvgIpc) is 2.92. The fourth-order valence-corrected chi connectivity index (χ4v) is 3.95. The summed E-state index contributed by atoms with van der Waals surface area (Å²) in [6, 6.07) is 5.77. The Labute approximate surface area is 151 Å². The minimum atomic E-state index is -0.391. The van der Waals surface area contributed by atoms with Crippen molar-refractivity contribution in [3.8, 4) is 0 Å². The molecule has 0 saturated carbocycles. The zero-order valence-corrected chi connectivity index (χ0v) is 15.3. The molecule has 3 aromatic rings. The third-order valence-corrected chi connectivity index (χ3v) is 5.50. The van der Waals surface area contributed by atoms with E-state index in [4.69, 9.17) is 0 Å². The molecule has 2 aromatic heterocycles. The third kappa shape index (κ3) is 4.08. The molecule has 1 aromatic carbocycles. The molecule has 0 aliphatic carbocycles. The lowest BCUT2D eigenvalue weighted by atomic mass is 10.2. The maximum Gasteiger partial charge on any atom is 0.258 e. The highest BCUT2D eigenvalue weighted by Crippen LogP contribution is 2.18. The Hall–Kier alpha value is -2.19. The minimum Gasteiger partial charge on any atom is -0.325 e. The number of halogens is 1. The zero-order chi connectivity index (χ0) is 18.0. The van der Waals surface area contributed by atoms with E-state index in [0.29, 0.717) is 22.1 Å². The van der Waals surface area contributed by atoms with Crippen molar-refractivity contribution in [1.82, 2.24) is 9.38 Å². The predicted octanol–water partition coefficient (Wildman–Crippen LogP) is 3.38. The number of fused-ring (bicyclic) bond motifs is 1. The van der Waals surface area contributed by atoms with Crippen LogP contribution < -0.4 is 10.9 Å². The van der Waals surface area contributed by atoms with Crippen molar-refractivity contribution in [1.29, 1.82) is 0 Å². The van der Waals surface area contributed by atoms with E-state index in [-0.39, 0.29) is 17.2 Å². The van der Waals surface area contributed by atoms with Crippen molar-refractivity contribution in [2.75, 3.05) is 11.1 Å². The molecule has 3 rings (SSSR count). The maximum atomic E-state index is 13.2. The molecule has 0 spiro atoms. The van der Waals surface area contributed by atoms with Gasteiger partial charge in [-0.15, -0.1) is 23.1 Å². The fraction of sp³-hybridized carbons (Fsp3) is 0.235. The summed E-state index contributed by atoms with van der Waals surface area (Å²) in [6.07, 6.45) is 0. The second-order valence-corrected chi connectivity index (χ2v) is 7.40. The summed E-state index contributed by atoms with van der Waals surface area (Å²) in [5.41, 5.74) is 2.66. The van der Waals surface area contributed by atoms with Gasteiger partial charge >= 0.3 is 0 Å². The first-order valence-electron chi connectivity index (χ1n) is 7.54. The maximum absolute atomic E-state index is 13.2. The fourth-order valence-electron chi connectivity index (χ4n) is 2.34. The van der Waals surface area contributed by atoms with Gasteiger partial charge in [-0.3, -0.25) is 14.0 Å². The van der Waals surface area contributed by atoms with E-state index in [2.05, 4.69) is 10.3 Å². The van der Waals surface area contributed by atoms with Gasteiger partial charge in [0.05, 0.1) is 11.4 Å². The van der Waals surface area contributed by atoms with E-state index in [1.165, 1.54) is 41.3 Å². The molecular weight excluding hydrogens is 361 g/mol. The molecule has 130 valence electrons. The molecule has 1 amide bonds. The number of carbonyl (C=O) groups is 1. The van der Waals surface area contributed by atoms with Crippen LogP contribution in [0.1, 0.15) is 17.0 Å². The summed E-state index contributed by atoms with van der Waals surface area (Å²) in [4.78, 5) is 29.2. The van der Waals surface area contributed by atoms with Gasteiger partial charge in [0.25, 0.3) is 5.56 Å². The first kappa shape index (κ1) is 17.6. The van der Waals surface area contributed by atoms with E-state index in [9.17, 15) is 14.0 Å². The highest BCUT2D eigenvalue weighted by molar-refractivity contribution is 7.99. The minimum absolute atomic E-state index is 0.112. The molecule has 0 radical (unpaired) electrons. The highest BCUT2D eigenvalue weighted by Gasteiger charge is 2.09. The summed E-state index contributed by atoms with van der Waals surface area (Å²) in [5, 5.41) is 4.58. The van der Waals surface area contributed by atoms with Gasteiger partial charge in [0, 0.05) is 28.6 Å². The molecular formula is C17H16FN3O2S2. The van der Waals surface area contributed by atoms with Gasteiger partial charge in [0.15, 0.2) is 4.96 Å². The van der Waals surface area contributed by atoms with Crippen molar-refractivity contribution >= 4 is 39.7 Å². The molecule has 25 heavy (non-hydrogen) atoms. The molecule has 5 nitrogen and oxygen atoms in total. The number of aromatic nitrogens is 2. The van der Waals surface area contributed by atoms with Gasteiger partial charge in [0.1, 0.15) is 5.82 Å². The van der Waals surface area contributed by atoms with Crippen LogP contribution in [-0.4, -0.2) is 21.0 Å². The molecule has 0 unspecified atom stereocenters. The number of aryl methyl sites for hydroxylation is 2. The standard InChI is InChI=1S/C17H16FN3O2S2/c1-10-3-4-12(18)5-14(10)20-15(22)9-24-8-13-6-16(23)21-11(2)7-25-17(21)19-13/h3-7H,8-9H2,1-2H3,(H,20,22). The van der Waals surface area contributed by atoms with Crippen LogP contribution in [0, 0.1) is 19.7 Å². The quantitative estimate of drug-likeness (QED) is 0.740. The predicted molar refractivity (Wildman–Crippen MR) is 100 cm³/mol. The topological polar surface area (TPSA) is 63.5 Å². The smallest absolute Gasteiger partial charge is 0.258 e. The lowest BCUT2D eigenvalue weighted by Gasteiger charge is -2.08. The van der Waals surface area contributed by atoms with Gasteiger partial charge < -0.3 is 5.32 Å². The van der Waals surface area contributed by atoms with Crippen molar-refractivity contribution in [2.45, 2.75) is 19.6 Å². The van der Waals surface area contributed by atoms with E-state index in [1.807, 2.05) is 12.3 Å². The number of nitrogens with zero attached hydrogens (tertiary/aromatic N) is 2. The Kier molecular flexibility index (Phi) is 5.19. The van der Waals surface area contributed by atoms with Crippen molar-refractivity contribution in [3.05, 3.63) is 62.8 Å². The Bertz CT molecular complexity index is 997. The number of nitrogens with one attached hydrogen (secondary N) is 1. The van der Waals surface area contributed by atoms with E-state index in [1.54, 1.807) is 17.4 Å². The number of carbonyl (C=O) groups excluding carboxylic acids is 1. The second-order valence-electron chi connectivity index (χ2n) is 5.58. The van der Waals surface area contributed by atoms with Crippen LogP contribution in [0.4, 0.5) is 10.1 Å². The molecule has 8 heteroatoms. The van der Waals surface area contributed by atoms with E-state index >= 15 is 0 Å². The number of rotatable bonds is 5. The second kappa shape index (κ2) is 7.37. The van der Waals surface area contributed by atoms with Crippen LogP contribution in [0.5, 0.6) is 0 Å². The van der Waals surface area contributed by atoms with Gasteiger partial charge in [-0.05, 0) is 31.5 Å². The van der Waals surface area contributed by atoms with Crippen molar-refractivity contribution < 1.29 is 9.18 Å². The number of benzene rings is 1. The van der Waals surface area contributed by atoms with Crippen molar-refractivity contribution in [3.63, 3.8) is 0 Å². The van der Waals surface area contributed by atoms with Gasteiger partial charge in [-0.2, -0.15) is 0 Å². The first-order valence-corrected chi connectivity index (χ1v) is 9.58. The number of anilines is 1. The van der Waals surface area contributed by atoms with Gasteiger partial charge in [-0.1, -0.05) is 6.07 Å². The molecule has 1 N–H and O–H groups in total. The third-order valence-electron chi connectivity index (χ3n) is 3.59. The number of amides is 1. The molecule has 0 saturated heterocycles. The Balaban J connectivity index is 1.60. The number of hydrogen-bond acceptors (Lipinski definition) is 5. The van der Waals surface area contributed by atoms with Crippen LogP contribution in [0.25, 0.3) is 4.96 Å². The molecule has 2 heterocycles. The highest BCUT2D eigenvalue weighted by atomic mass is 32.2. The number of thiazole rings is 1. The first-order chi connectivity index (χ1) is 11.9. The lowest BCUT2D eigenvalue weighted by Crippen LogP contribution is -2.16. The van der Waals surface area contributed by atoms with Crippen LogP contribution in [0.15, 0.2) is 34.4 Å². The molecule has 0 bridgehead atoms. The van der Waals surface area contributed by atoms with Crippen LogP contribution in [0.2, 0.25) is 0 Å². The van der Waals surface area contributed by atoms with Gasteiger partial charge in [0.2, 0.25) is 5.91 Å². The lowest BCUT2D eigenvalue weighted by molar-refractivity contribution is -0.113. The van der Waals surface area contributed by atoms with Crippen LogP contribution in [0.3, 0.4) is 0 Å². The monoisotopic (exact) mass is 377 g/mol. The molecule has 0 atom stereocenters. The molecule has 0 aliphatic heterocycles. The Morgan fingerprint density at radius 3 is 2.96 bits per heavy atom. The number of thioether (sulfide) groups is 1. The Morgan fingerprint density at radius 2 is 2.16 bits per heavy atom. The SMILES string of the molecule is Cc1ccc(F)cc1NC(=O)CSCc1cc(=O)n2c(C)csc2n1. The summed E-state index contributed by atoms with van der Waals surface area (Å²) in [7, 11) is 0. The van der Waals surface area contributed by atoms with E-state index < -0.39 is 5.82 Å². The molecule has 0 aliphatic rings. The number of hydrogen-bond donors (Lipinski definition) is 1. The van der Waals surface area contributed by atoms with E-state index in [0.717, 1.165) is 11.3 Å². The molecule has 0 fully saturated rings. The summed E-state index contributed by atoms with van der Waals surface area (Å²) in [5.74, 6) is 0.0415. The van der Waals surface area contributed by atoms with Crippen LogP contribution >= 0.6 is 23.1 Å². The summed E-state index contributed by atoms with van der Waals surface area (Å²) >= 11 is 2.77.